The molecule has 3 aliphatic rings. The summed E-state index contributed by atoms with van der Waals surface area (Å²) in [6.07, 6.45) is -0.696. The number of hydrogen-bond acceptors (Lipinski definition) is 4. The number of benzene rings is 1. The summed E-state index contributed by atoms with van der Waals surface area (Å²) in [6.45, 7) is 0.722. The Kier molecular flexibility index (Phi) is 3.99. The molecule has 0 unspecified atom stereocenters. The van der Waals surface area contributed by atoms with Crippen LogP contribution in [-0.4, -0.2) is 52.2 Å². The van der Waals surface area contributed by atoms with E-state index in [2.05, 4.69) is 5.32 Å². The molecule has 4 rings (SSSR count). The zero-order valence-electron chi connectivity index (χ0n) is 13.3. The molecule has 3 atom stereocenters. The van der Waals surface area contributed by atoms with Gasteiger partial charge in [0.1, 0.15) is 0 Å². The lowest BCUT2D eigenvalue weighted by Gasteiger charge is -2.24. The van der Waals surface area contributed by atoms with Crippen molar-refractivity contribution in [3.05, 3.63) is 27.7 Å². The van der Waals surface area contributed by atoms with Crippen molar-refractivity contribution >= 4 is 40.7 Å². The molecule has 1 aromatic rings. The Morgan fingerprint density at radius 1 is 1.20 bits per heavy atom. The first kappa shape index (κ1) is 17.1. The summed E-state index contributed by atoms with van der Waals surface area (Å²) in [7, 11) is 0. The Morgan fingerprint density at radius 2 is 1.84 bits per heavy atom. The van der Waals surface area contributed by atoms with E-state index in [4.69, 9.17) is 23.2 Å². The van der Waals surface area contributed by atoms with Crippen molar-refractivity contribution in [3.8, 4) is 0 Å². The fourth-order valence-electron chi connectivity index (χ4n) is 4.27. The highest BCUT2D eigenvalue weighted by molar-refractivity contribution is 6.42. The van der Waals surface area contributed by atoms with E-state index in [-0.39, 0.29) is 31.2 Å². The fraction of sp³-hybridized carbons (Fsp3) is 0.529. The van der Waals surface area contributed by atoms with Crippen LogP contribution < -0.4 is 5.32 Å². The van der Waals surface area contributed by atoms with E-state index >= 15 is 0 Å². The molecule has 1 aromatic carbocycles. The van der Waals surface area contributed by atoms with Gasteiger partial charge in [0, 0.05) is 24.7 Å². The number of anilines is 1. The van der Waals surface area contributed by atoms with E-state index in [0.29, 0.717) is 28.7 Å². The highest BCUT2D eigenvalue weighted by Crippen LogP contribution is 2.47. The maximum atomic E-state index is 12.7. The van der Waals surface area contributed by atoms with Crippen LogP contribution >= 0.6 is 23.2 Å². The van der Waals surface area contributed by atoms with Crippen molar-refractivity contribution in [1.29, 1.82) is 0 Å². The summed E-state index contributed by atoms with van der Waals surface area (Å²) in [5, 5.41) is 23.0. The van der Waals surface area contributed by atoms with Crippen LogP contribution in [0.3, 0.4) is 0 Å². The van der Waals surface area contributed by atoms with Gasteiger partial charge >= 0.3 is 0 Å². The Bertz CT molecular complexity index is 761. The Morgan fingerprint density at radius 3 is 2.52 bits per heavy atom. The van der Waals surface area contributed by atoms with Crippen molar-refractivity contribution < 1.29 is 19.8 Å². The van der Waals surface area contributed by atoms with Crippen LogP contribution in [0, 0.1) is 5.92 Å². The number of nitrogens with one attached hydrogen (secondary N) is 1. The first-order valence-electron chi connectivity index (χ1n) is 8.28. The third kappa shape index (κ3) is 2.54. The van der Waals surface area contributed by atoms with E-state index in [1.54, 1.807) is 17.0 Å². The van der Waals surface area contributed by atoms with Crippen LogP contribution in [-0.2, 0) is 15.0 Å². The highest BCUT2D eigenvalue weighted by Gasteiger charge is 2.53. The van der Waals surface area contributed by atoms with Crippen LogP contribution in [0.2, 0.25) is 10.0 Å². The van der Waals surface area contributed by atoms with Gasteiger partial charge in [0.15, 0.2) is 0 Å². The summed E-state index contributed by atoms with van der Waals surface area (Å²) in [4.78, 5) is 27.1. The summed E-state index contributed by atoms with van der Waals surface area (Å²) < 4.78 is 0. The molecular formula is C17H18Cl2N2O4. The molecule has 8 heteroatoms. The summed E-state index contributed by atoms with van der Waals surface area (Å²) in [5.41, 5.74) is 0.601. The quantitative estimate of drug-likeness (QED) is 0.684. The van der Waals surface area contributed by atoms with Gasteiger partial charge in [0.25, 0.3) is 0 Å². The maximum absolute atomic E-state index is 12.7. The topological polar surface area (TPSA) is 89.9 Å². The van der Waals surface area contributed by atoms with Gasteiger partial charge in [0.2, 0.25) is 11.8 Å². The number of hydrogen-bond donors (Lipinski definition) is 3. The van der Waals surface area contributed by atoms with Gasteiger partial charge in [0.05, 0.1) is 27.7 Å². The average molecular weight is 385 g/mol. The zero-order valence-corrected chi connectivity index (χ0v) is 14.8. The van der Waals surface area contributed by atoms with Crippen LogP contribution in [0.4, 0.5) is 5.69 Å². The Labute approximate surface area is 154 Å². The zero-order chi connectivity index (χ0) is 17.9. The minimum absolute atomic E-state index is 0.117. The molecule has 25 heavy (non-hydrogen) atoms. The standard InChI is InChI=1S/C17H18Cl2N2O4/c18-10-5-9-12(6-11(10)19)20-16(25)17(9)1-2-21(7-17)15(24)8-3-13(22)14(23)4-8/h5-6,8,13-14,22-23H,1-4,7H2,(H,20,25)/t13-,14-,17-/m1/s1. The van der Waals surface area contributed by atoms with Crippen molar-refractivity contribution in [2.24, 2.45) is 5.92 Å². The van der Waals surface area contributed by atoms with Crippen molar-refractivity contribution in [2.45, 2.75) is 36.9 Å². The molecular weight excluding hydrogens is 367 g/mol. The van der Waals surface area contributed by atoms with Gasteiger partial charge in [-0.1, -0.05) is 23.2 Å². The number of fused-ring (bicyclic) bond motifs is 2. The van der Waals surface area contributed by atoms with Crippen molar-refractivity contribution in [1.82, 2.24) is 4.90 Å². The lowest BCUT2D eigenvalue weighted by atomic mass is 9.81. The number of aliphatic hydroxyl groups excluding tert-OH is 2. The molecule has 3 N–H and O–H groups in total. The van der Waals surface area contributed by atoms with Crippen LogP contribution in [0.1, 0.15) is 24.8 Å². The second-order valence-corrected chi connectivity index (χ2v) is 7.98. The first-order chi connectivity index (χ1) is 11.8. The minimum Gasteiger partial charge on any atom is -0.390 e. The Balaban J connectivity index is 1.59. The molecule has 1 aliphatic carbocycles. The van der Waals surface area contributed by atoms with Gasteiger partial charge in [-0.25, -0.2) is 0 Å². The number of amides is 2. The lowest BCUT2D eigenvalue weighted by Crippen LogP contribution is -2.41. The third-order valence-electron chi connectivity index (χ3n) is 5.69. The summed E-state index contributed by atoms with van der Waals surface area (Å²) >= 11 is 12.2. The molecule has 2 heterocycles. The van der Waals surface area contributed by atoms with Gasteiger partial charge in [-0.2, -0.15) is 0 Å². The van der Waals surface area contributed by atoms with Gasteiger partial charge in [-0.15, -0.1) is 0 Å². The molecule has 2 fully saturated rings. The molecule has 134 valence electrons. The largest absolute Gasteiger partial charge is 0.390 e. The normalized spacial score (nSPS) is 31.7. The molecule has 0 bridgehead atoms. The van der Waals surface area contributed by atoms with Gasteiger partial charge in [-0.3, -0.25) is 9.59 Å². The smallest absolute Gasteiger partial charge is 0.237 e. The van der Waals surface area contributed by atoms with Crippen molar-refractivity contribution in [3.63, 3.8) is 0 Å². The predicted molar refractivity (Wildman–Crippen MR) is 92.7 cm³/mol. The molecule has 1 spiro atoms. The lowest BCUT2D eigenvalue weighted by molar-refractivity contribution is -0.135. The second-order valence-electron chi connectivity index (χ2n) is 7.16. The average Bonchev–Trinajstić information content (AvgIpc) is 3.21. The van der Waals surface area contributed by atoms with Crippen LogP contribution in [0.15, 0.2) is 12.1 Å². The molecule has 2 amide bonds. The highest BCUT2D eigenvalue weighted by atomic mass is 35.5. The van der Waals surface area contributed by atoms with Gasteiger partial charge < -0.3 is 20.4 Å². The number of halogens is 2. The summed E-state index contributed by atoms with van der Waals surface area (Å²) in [6, 6.07) is 3.34. The molecule has 2 aliphatic heterocycles. The minimum atomic E-state index is -0.859. The van der Waals surface area contributed by atoms with Crippen LogP contribution in [0.5, 0.6) is 0 Å². The maximum Gasteiger partial charge on any atom is 0.237 e. The SMILES string of the molecule is O=C(C1C[C@@H](O)[C@H](O)C1)N1CC[C@]2(C1)C(=O)Nc1cc(Cl)c(Cl)cc12. The molecule has 1 saturated carbocycles. The monoisotopic (exact) mass is 384 g/mol. The van der Waals surface area contributed by atoms with E-state index < -0.39 is 23.5 Å². The molecule has 0 aromatic heterocycles. The van der Waals surface area contributed by atoms with E-state index in [9.17, 15) is 19.8 Å². The number of likely N-dealkylation sites (tertiary alicyclic amines) is 1. The number of aliphatic hydroxyl groups is 2. The number of carbonyl (C=O) groups excluding carboxylic acids is 2. The van der Waals surface area contributed by atoms with E-state index in [1.165, 1.54) is 0 Å². The van der Waals surface area contributed by atoms with E-state index in [0.717, 1.165) is 5.56 Å². The molecule has 6 nitrogen and oxygen atoms in total. The summed E-state index contributed by atoms with van der Waals surface area (Å²) in [5.74, 6) is -0.672. The number of rotatable bonds is 1. The Hall–Kier alpha value is -1.34. The number of nitrogens with zero attached hydrogens (tertiary/aromatic N) is 1. The fourth-order valence-corrected chi connectivity index (χ4v) is 4.59. The van der Waals surface area contributed by atoms with E-state index in [1.807, 2.05) is 0 Å². The predicted octanol–water partition coefficient (Wildman–Crippen LogP) is 1.55. The van der Waals surface area contributed by atoms with Gasteiger partial charge in [-0.05, 0) is 37.0 Å². The van der Waals surface area contributed by atoms with Crippen LogP contribution in [0.25, 0.3) is 0 Å². The molecule has 1 saturated heterocycles. The van der Waals surface area contributed by atoms with Crippen molar-refractivity contribution in [2.75, 3.05) is 18.4 Å². The first-order valence-corrected chi connectivity index (χ1v) is 9.03. The molecule has 0 radical (unpaired) electrons. The second kappa shape index (κ2) is 5.84. The number of carbonyl (C=O) groups is 2. The third-order valence-corrected chi connectivity index (χ3v) is 6.41.